The van der Waals surface area contributed by atoms with Crippen molar-refractivity contribution >= 4 is 5.97 Å². The second-order valence-corrected chi connectivity index (χ2v) is 12.5. The quantitative estimate of drug-likeness (QED) is 0.0632. The van der Waals surface area contributed by atoms with E-state index in [0.717, 1.165) is 25.8 Å². The zero-order valence-electron chi connectivity index (χ0n) is 27.6. The molecule has 0 aromatic rings. The van der Waals surface area contributed by atoms with Crippen molar-refractivity contribution in [2.75, 3.05) is 46.9 Å². The summed E-state index contributed by atoms with van der Waals surface area (Å²) in [5, 5.41) is 0. The van der Waals surface area contributed by atoms with Gasteiger partial charge in [0.1, 0.15) is 0 Å². The average Bonchev–Trinajstić information content (AvgIpc) is 2.92. The SMILES string of the molecule is CCCCCCCCC(CCCCCC)C(=O)OCCCCCCCCCN(CCCCCC)CCN(C)C. The van der Waals surface area contributed by atoms with E-state index in [4.69, 9.17) is 4.74 Å². The summed E-state index contributed by atoms with van der Waals surface area (Å²) in [5.41, 5.74) is 0. The van der Waals surface area contributed by atoms with E-state index in [-0.39, 0.29) is 11.9 Å². The summed E-state index contributed by atoms with van der Waals surface area (Å²) in [7, 11) is 4.36. The molecule has 0 saturated heterocycles. The Labute approximate surface area is 246 Å². The molecule has 39 heavy (non-hydrogen) atoms. The van der Waals surface area contributed by atoms with Crippen LogP contribution in [0, 0.1) is 5.92 Å². The molecule has 0 saturated carbocycles. The van der Waals surface area contributed by atoms with E-state index in [2.05, 4.69) is 44.7 Å². The molecule has 0 radical (unpaired) electrons. The first kappa shape index (κ1) is 38.4. The molecule has 0 aliphatic carbocycles. The third-order valence-electron chi connectivity index (χ3n) is 8.20. The molecule has 0 fully saturated rings. The summed E-state index contributed by atoms with van der Waals surface area (Å²) < 4.78 is 5.77. The molecule has 4 nitrogen and oxygen atoms in total. The highest BCUT2D eigenvalue weighted by molar-refractivity contribution is 5.72. The Morgan fingerprint density at radius 1 is 0.513 bits per heavy atom. The van der Waals surface area contributed by atoms with E-state index in [9.17, 15) is 4.79 Å². The number of hydrogen-bond acceptors (Lipinski definition) is 4. The third kappa shape index (κ3) is 27.3. The molecule has 0 aromatic heterocycles. The Kier molecular flexibility index (Phi) is 29.9. The van der Waals surface area contributed by atoms with Gasteiger partial charge in [0.25, 0.3) is 0 Å². The van der Waals surface area contributed by atoms with Gasteiger partial charge in [-0.1, -0.05) is 136 Å². The normalized spacial score (nSPS) is 12.5. The standard InChI is InChI=1S/C35H72N2O2/c1-6-9-12-15-19-23-28-34(27-22-13-10-7-2)35(38)39-33-26-21-18-16-17-20-25-30-37(32-31-36(4)5)29-24-14-11-8-3/h34H,6-33H2,1-5H3. The molecule has 0 amide bonds. The summed E-state index contributed by atoms with van der Waals surface area (Å²) in [6.45, 7) is 12.3. The topological polar surface area (TPSA) is 32.8 Å². The number of likely N-dealkylation sites (N-methyl/N-ethyl adjacent to an activating group) is 1. The van der Waals surface area contributed by atoms with Gasteiger partial charge >= 0.3 is 5.97 Å². The van der Waals surface area contributed by atoms with Crippen molar-refractivity contribution < 1.29 is 9.53 Å². The zero-order chi connectivity index (χ0) is 28.8. The molecule has 0 aliphatic rings. The number of unbranched alkanes of at least 4 members (excludes halogenated alkanes) is 17. The van der Waals surface area contributed by atoms with Crippen LogP contribution >= 0.6 is 0 Å². The van der Waals surface area contributed by atoms with Gasteiger partial charge in [-0.05, 0) is 59.3 Å². The number of ether oxygens (including phenoxy) is 1. The van der Waals surface area contributed by atoms with Crippen molar-refractivity contribution in [3.05, 3.63) is 0 Å². The van der Waals surface area contributed by atoms with Gasteiger partial charge in [-0.15, -0.1) is 0 Å². The van der Waals surface area contributed by atoms with Gasteiger partial charge in [0.2, 0.25) is 0 Å². The summed E-state index contributed by atoms with van der Waals surface area (Å²) in [5.74, 6) is 0.227. The van der Waals surface area contributed by atoms with Crippen molar-refractivity contribution in [3.8, 4) is 0 Å². The molecule has 1 unspecified atom stereocenters. The molecule has 0 aromatic carbocycles. The molecule has 0 bridgehead atoms. The van der Waals surface area contributed by atoms with Crippen LogP contribution in [-0.4, -0.2) is 62.7 Å². The van der Waals surface area contributed by atoms with Crippen molar-refractivity contribution in [2.45, 2.75) is 168 Å². The maximum atomic E-state index is 12.8. The van der Waals surface area contributed by atoms with Gasteiger partial charge < -0.3 is 14.5 Å². The minimum atomic E-state index is 0.0913. The van der Waals surface area contributed by atoms with Crippen molar-refractivity contribution in [1.82, 2.24) is 9.80 Å². The van der Waals surface area contributed by atoms with Gasteiger partial charge in [0.15, 0.2) is 0 Å². The molecule has 0 heterocycles. The van der Waals surface area contributed by atoms with Crippen LogP contribution in [0.1, 0.15) is 168 Å². The van der Waals surface area contributed by atoms with E-state index >= 15 is 0 Å². The Hall–Kier alpha value is -0.610. The molecular weight excluding hydrogens is 480 g/mol. The van der Waals surface area contributed by atoms with E-state index < -0.39 is 0 Å². The van der Waals surface area contributed by atoms with Gasteiger partial charge in [0, 0.05) is 13.1 Å². The summed E-state index contributed by atoms with van der Waals surface area (Å²) >= 11 is 0. The molecule has 0 rings (SSSR count). The van der Waals surface area contributed by atoms with Crippen LogP contribution in [0.25, 0.3) is 0 Å². The van der Waals surface area contributed by atoms with Crippen LogP contribution in [0.5, 0.6) is 0 Å². The second kappa shape index (κ2) is 30.4. The van der Waals surface area contributed by atoms with Crippen LogP contribution < -0.4 is 0 Å². The largest absolute Gasteiger partial charge is 0.465 e. The third-order valence-corrected chi connectivity index (χ3v) is 8.20. The van der Waals surface area contributed by atoms with Crippen LogP contribution in [0.3, 0.4) is 0 Å². The lowest BCUT2D eigenvalue weighted by Crippen LogP contribution is -2.33. The zero-order valence-corrected chi connectivity index (χ0v) is 27.6. The lowest BCUT2D eigenvalue weighted by molar-refractivity contribution is -0.149. The lowest BCUT2D eigenvalue weighted by Gasteiger charge is -2.24. The summed E-state index contributed by atoms with van der Waals surface area (Å²) in [4.78, 5) is 17.8. The number of rotatable bonds is 31. The monoisotopic (exact) mass is 553 g/mol. The first-order valence-electron chi connectivity index (χ1n) is 17.6. The molecule has 1 atom stereocenters. The highest BCUT2D eigenvalue weighted by Crippen LogP contribution is 2.21. The van der Waals surface area contributed by atoms with Crippen LogP contribution in [0.2, 0.25) is 0 Å². The second-order valence-electron chi connectivity index (χ2n) is 12.5. The Morgan fingerprint density at radius 3 is 1.44 bits per heavy atom. The maximum Gasteiger partial charge on any atom is 0.308 e. The Bertz CT molecular complexity index is 497. The van der Waals surface area contributed by atoms with Gasteiger partial charge in [-0.25, -0.2) is 0 Å². The number of nitrogens with zero attached hydrogens (tertiary/aromatic N) is 2. The fraction of sp³-hybridized carbons (Fsp3) is 0.971. The smallest absolute Gasteiger partial charge is 0.308 e. The summed E-state index contributed by atoms with van der Waals surface area (Å²) in [6, 6.07) is 0. The predicted octanol–water partition coefficient (Wildman–Crippen LogP) is 10.0. The van der Waals surface area contributed by atoms with E-state index in [1.807, 2.05) is 0 Å². The molecule has 0 spiro atoms. The molecular formula is C35H72N2O2. The molecule has 0 aliphatic heterocycles. The van der Waals surface area contributed by atoms with Crippen molar-refractivity contribution in [1.29, 1.82) is 0 Å². The van der Waals surface area contributed by atoms with Crippen LogP contribution in [-0.2, 0) is 9.53 Å². The Morgan fingerprint density at radius 2 is 0.923 bits per heavy atom. The molecule has 4 heteroatoms. The first-order chi connectivity index (χ1) is 19.0. The van der Waals surface area contributed by atoms with E-state index in [1.54, 1.807) is 0 Å². The van der Waals surface area contributed by atoms with Gasteiger partial charge in [-0.3, -0.25) is 4.79 Å². The van der Waals surface area contributed by atoms with Crippen LogP contribution in [0.15, 0.2) is 0 Å². The average molecular weight is 553 g/mol. The minimum absolute atomic E-state index is 0.0913. The number of carbonyl (C=O) groups excluding carboxylic acids is 1. The number of carbonyl (C=O) groups is 1. The number of esters is 1. The molecule has 234 valence electrons. The van der Waals surface area contributed by atoms with E-state index in [0.29, 0.717) is 6.61 Å². The Balaban J connectivity index is 3.97. The highest BCUT2D eigenvalue weighted by atomic mass is 16.5. The van der Waals surface area contributed by atoms with Gasteiger partial charge in [-0.2, -0.15) is 0 Å². The van der Waals surface area contributed by atoms with Crippen molar-refractivity contribution in [3.63, 3.8) is 0 Å². The van der Waals surface area contributed by atoms with Crippen molar-refractivity contribution in [2.24, 2.45) is 5.92 Å². The van der Waals surface area contributed by atoms with Gasteiger partial charge in [0.05, 0.1) is 12.5 Å². The molecule has 0 N–H and O–H groups in total. The maximum absolute atomic E-state index is 12.8. The van der Waals surface area contributed by atoms with Crippen LogP contribution in [0.4, 0.5) is 0 Å². The fourth-order valence-electron chi connectivity index (χ4n) is 5.42. The first-order valence-corrected chi connectivity index (χ1v) is 17.6. The van der Waals surface area contributed by atoms with E-state index in [1.165, 1.54) is 148 Å². The predicted molar refractivity (Wildman–Crippen MR) is 173 cm³/mol. The fourth-order valence-corrected chi connectivity index (χ4v) is 5.42. The summed E-state index contributed by atoms with van der Waals surface area (Å²) in [6.07, 6.45) is 29.0. The minimum Gasteiger partial charge on any atom is -0.465 e. The number of hydrogen-bond donors (Lipinski definition) is 0. The lowest BCUT2D eigenvalue weighted by atomic mass is 9.94. The highest BCUT2D eigenvalue weighted by Gasteiger charge is 2.19.